The standard InChI is InChI=1S/C19H15N6O/c1-26-19(16-10-4-7-13-22-16)24-17(14-8-2-5-11-20-14)23-18(25-19)15-9-3-6-12-21-15/h2-13H,1H3/q-1. The van der Waals surface area contributed by atoms with Crippen LogP contribution in [0.1, 0.15) is 17.1 Å². The summed E-state index contributed by atoms with van der Waals surface area (Å²) in [6, 6.07) is 16.6. The van der Waals surface area contributed by atoms with E-state index in [1.165, 1.54) is 0 Å². The third-order valence-electron chi connectivity index (χ3n) is 3.80. The third-order valence-corrected chi connectivity index (χ3v) is 3.80. The maximum Gasteiger partial charge on any atom is 0.214 e. The largest absolute Gasteiger partial charge is 0.417 e. The SMILES string of the molecule is COC1(c2ccccn2)N=C(c2ccccn2)N=C(c2ccccn2)[N-]1. The molecule has 0 aromatic carbocycles. The van der Waals surface area contributed by atoms with Crippen molar-refractivity contribution in [3.63, 3.8) is 0 Å². The number of amidine groups is 2. The monoisotopic (exact) mass is 343 g/mol. The van der Waals surface area contributed by atoms with Crippen molar-refractivity contribution in [2.45, 2.75) is 5.85 Å². The molecule has 3 aromatic rings. The van der Waals surface area contributed by atoms with Gasteiger partial charge >= 0.3 is 0 Å². The van der Waals surface area contributed by atoms with Gasteiger partial charge in [0.15, 0.2) is 0 Å². The van der Waals surface area contributed by atoms with Crippen LogP contribution in [0.3, 0.4) is 0 Å². The average Bonchev–Trinajstić information content (AvgIpc) is 2.75. The molecule has 0 radical (unpaired) electrons. The van der Waals surface area contributed by atoms with Crippen LogP contribution in [-0.2, 0) is 10.6 Å². The van der Waals surface area contributed by atoms with Gasteiger partial charge in [-0.2, -0.15) is 0 Å². The Kier molecular flexibility index (Phi) is 4.20. The quantitative estimate of drug-likeness (QED) is 0.729. The summed E-state index contributed by atoms with van der Waals surface area (Å²) >= 11 is 0. The molecule has 1 unspecified atom stereocenters. The predicted molar refractivity (Wildman–Crippen MR) is 97.8 cm³/mol. The lowest BCUT2D eigenvalue weighted by Gasteiger charge is -2.40. The van der Waals surface area contributed by atoms with E-state index in [0.717, 1.165) is 0 Å². The van der Waals surface area contributed by atoms with Gasteiger partial charge in [-0.3, -0.25) is 15.0 Å². The molecule has 4 rings (SSSR count). The smallest absolute Gasteiger partial charge is 0.214 e. The second kappa shape index (κ2) is 6.81. The van der Waals surface area contributed by atoms with E-state index >= 15 is 0 Å². The number of nitrogens with zero attached hydrogens (tertiary/aromatic N) is 6. The summed E-state index contributed by atoms with van der Waals surface area (Å²) < 4.78 is 5.72. The minimum absolute atomic E-state index is 0.411. The maximum absolute atomic E-state index is 5.72. The molecule has 26 heavy (non-hydrogen) atoms. The molecule has 4 heterocycles. The molecule has 0 N–H and O–H groups in total. The van der Waals surface area contributed by atoms with E-state index in [1.54, 1.807) is 25.7 Å². The molecule has 128 valence electrons. The molecule has 1 atom stereocenters. The van der Waals surface area contributed by atoms with Crippen molar-refractivity contribution in [1.29, 1.82) is 0 Å². The Morgan fingerprint density at radius 2 is 1.46 bits per heavy atom. The molecule has 0 bridgehead atoms. The Morgan fingerprint density at radius 3 is 2.04 bits per heavy atom. The van der Waals surface area contributed by atoms with Gasteiger partial charge in [0.25, 0.3) is 0 Å². The Morgan fingerprint density at radius 1 is 0.808 bits per heavy atom. The van der Waals surface area contributed by atoms with Crippen LogP contribution in [-0.4, -0.2) is 33.7 Å². The van der Waals surface area contributed by atoms with Crippen LogP contribution < -0.4 is 0 Å². The van der Waals surface area contributed by atoms with Crippen LogP contribution in [0.5, 0.6) is 0 Å². The van der Waals surface area contributed by atoms with Crippen molar-refractivity contribution in [3.8, 4) is 0 Å². The van der Waals surface area contributed by atoms with E-state index < -0.39 is 5.85 Å². The van der Waals surface area contributed by atoms with E-state index in [4.69, 9.17) is 4.74 Å². The molecule has 0 amide bonds. The summed E-state index contributed by atoms with van der Waals surface area (Å²) in [6.45, 7) is 0. The number of aliphatic imine (C=N–C) groups is 2. The molecular weight excluding hydrogens is 328 g/mol. The van der Waals surface area contributed by atoms with E-state index in [1.807, 2.05) is 54.6 Å². The maximum atomic E-state index is 5.72. The fourth-order valence-electron chi connectivity index (χ4n) is 2.55. The van der Waals surface area contributed by atoms with Crippen LogP contribution in [0.15, 0.2) is 83.2 Å². The Hall–Kier alpha value is -3.45. The second-order valence-electron chi connectivity index (χ2n) is 5.44. The topological polar surface area (TPSA) is 86.7 Å². The van der Waals surface area contributed by atoms with E-state index in [-0.39, 0.29) is 0 Å². The normalized spacial score (nSPS) is 19.3. The highest BCUT2D eigenvalue weighted by Gasteiger charge is 2.32. The van der Waals surface area contributed by atoms with Crippen molar-refractivity contribution < 1.29 is 4.74 Å². The third kappa shape index (κ3) is 2.96. The van der Waals surface area contributed by atoms with Gasteiger partial charge in [-0.25, -0.2) is 4.99 Å². The lowest BCUT2D eigenvalue weighted by atomic mass is 10.2. The fourth-order valence-corrected chi connectivity index (χ4v) is 2.55. The van der Waals surface area contributed by atoms with Crippen molar-refractivity contribution >= 4 is 11.7 Å². The van der Waals surface area contributed by atoms with E-state index in [9.17, 15) is 0 Å². The van der Waals surface area contributed by atoms with Crippen LogP contribution >= 0.6 is 0 Å². The van der Waals surface area contributed by atoms with Crippen molar-refractivity contribution in [2.75, 3.05) is 7.11 Å². The molecule has 0 saturated carbocycles. The summed E-state index contributed by atoms with van der Waals surface area (Å²) in [7, 11) is 1.54. The molecule has 0 spiro atoms. The molecule has 0 aliphatic carbocycles. The molecule has 7 nitrogen and oxygen atoms in total. The van der Waals surface area contributed by atoms with Gasteiger partial charge in [-0.1, -0.05) is 18.2 Å². The second-order valence-corrected chi connectivity index (χ2v) is 5.44. The zero-order valence-corrected chi connectivity index (χ0v) is 14.0. The zero-order valence-electron chi connectivity index (χ0n) is 14.0. The van der Waals surface area contributed by atoms with Gasteiger partial charge in [0.2, 0.25) is 5.85 Å². The number of ether oxygens (including phenoxy) is 1. The van der Waals surface area contributed by atoms with Gasteiger partial charge in [-0.15, -0.1) is 0 Å². The van der Waals surface area contributed by atoms with Crippen molar-refractivity contribution in [2.24, 2.45) is 9.98 Å². The van der Waals surface area contributed by atoms with E-state index in [0.29, 0.717) is 28.8 Å². The van der Waals surface area contributed by atoms with Crippen LogP contribution in [0.4, 0.5) is 0 Å². The van der Waals surface area contributed by atoms with Gasteiger partial charge in [0, 0.05) is 25.7 Å². The number of hydrogen-bond donors (Lipinski definition) is 0. The van der Waals surface area contributed by atoms with Crippen LogP contribution in [0, 0.1) is 0 Å². The zero-order chi connectivity index (χ0) is 17.8. The fraction of sp³-hybridized carbons (Fsp3) is 0.105. The highest BCUT2D eigenvalue weighted by molar-refractivity contribution is 6.17. The molecule has 7 heteroatoms. The first kappa shape index (κ1) is 16.0. The molecular formula is C19H15N6O-. The number of aromatic nitrogens is 3. The minimum Gasteiger partial charge on any atom is -0.417 e. The molecule has 0 saturated heterocycles. The molecule has 1 aliphatic rings. The average molecular weight is 343 g/mol. The molecule has 3 aromatic heterocycles. The first-order valence-corrected chi connectivity index (χ1v) is 8.02. The van der Waals surface area contributed by atoms with Crippen molar-refractivity contribution in [3.05, 3.63) is 95.6 Å². The van der Waals surface area contributed by atoms with E-state index in [2.05, 4.69) is 30.3 Å². The number of rotatable bonds is 4. The Bertz CT molecular complexity index is 944. The lowest BCUT2D eigenvalue weighted by Crippen LogP contribution is -2.34. The predicted octanol–water partition coefficient (Wildman–Crippen LogP) is 2.91. The van der Waals surface area contributed by atoms with Crippen LogP contribution in [0.2, 0.25) is 0 Å². The summed E-state index contributed by atoms with van der Waals surface area (Å²) in [6.07, 6.45) is 5.05. The van der Waals surface area contributed by atoms with Gasteiger partial charge in [0.1, 0.15) is 0 Å². The summed E-state index contributed by atoms with van der Waals surface area (Å²) in [5.41, 5.74) is 1.79. The van der Waals surface area contributed by atoms with Crippen LogP contribution in [0.25, 0.3) is 5.32 Å². The molecule has 0 fully saturated rings. The van der Waals surface area contributed by atoms with Gasteiger partial charge in [-0.05, 0) is 42.2 Å². The summed E-state index contributed by atoms with van der Waals surface area (Å²) in [5.74, 6) is -0.523. The highest BCUT2D eigenvalue weighted by Crippen LogP contribution is 2.36. The lowest BCUT2D eigenvalue weighted by molar-refractivity contribution is 0.0271. The first-order chi connectivity index (χ1) is 12.8. The number of methoxy groups -OCH3 is 1. The van der Waals surface area contributed by atoms with Gasteiger partial charge in [0.05, 0.1) is 22.9 Å². The number of pyridine rings is 3. The van der Waals surface area contributed by atoms with Crippen molar-refractivity contribution in [1.82, 2.24) is 15.0 Å². The van der Waals surface area contributed by atoms with Gasteiger partial charge < -0.3 is 15.0 Å². The highest BCUT2D eigenvalue weighted by atomic mass is 16.5. The minimum atomic E-state index is -1.34. The first-order valence-electron chi connectivity index (χ1n) is 8.02. The Labute approximate surface area is 150 Å². The summed E-state index contributed by atoms with van der Waals surface area (Å²) in [5, 5.41) is 4.64. The molecule has 1 aliphatic heterocycles. The summed E-state index contributed by atoms with van der Waals surface area (Å²) in [4.78, 5) is 22.3. The Balaban J connectivity index is 1.88. The number of hydrogen-bond acceptors (Lipinski definition) is 6.